The van der Waals surface area contributed by atoms with E-state index in [0.29, 0.717) is 68.8 Å². The van der Waals surface area contributed by atoms with Crippen LogP contribution in [0.3, 0.4) is 0 Å². The van der Waals surface area contributed by atoms with Gasteiger partial charge in [-0.1, -0.05) is 111 Å². The molecule has 6 aromatic carbocycles. The third kappa shape index (κ3) is 12.7. The molecule has 63 heavy (non-hydrogen) atoms. The molecule has 6 aromatic rings. The molecule has 0 amide bonds. The number of alkyl halides is 8. The van der Waals surface area contributed by atoms with E-state index in [0.717, 1.165) is 22.3 Å². The van der Waals surface area contributed by atoms with Crippen LogP contribution in [0.25, 0.3) is 22.3 Å². The highest BCUT2D eigenvalue weighted by atomic mass is 19.4. The smallest absolute Gasteiger partial charge is 0.445 e. The second-order valence-electron chi connectivity index (χ2n) is 15.0. The molecule has 0 aliphatic carbocycles. The maximum atomic E-state index is 15.0. The van der Waals surface area contributed by atoms with Crippen LogP contribution in [0.15, 0.2) is 121 Å². The lowest BCUT2D eigenvalue weighted by atomic mass is 9.96. The third-order valence-corrected chi connectivity index (χ3v) is 10.5. The normalized spacial score (nSPS) is 13.0. The van der Waals surface area contributed by atoms with E-state index in [2.05, 4.69) is 9.47 Å². The predicted molar refractivity (Wildman–Crippen MR) is 222 cm³/mol. The fourth-order valence-electron chi connectivity index (χ4n) is 6.99. The van der Waals surface area contributed by atoms with Crippen LogP contribution in [-0.4, -0.2) is 38.3 Å². The number of hydrogen-bond donors (Lipinski definition) is 0. The van der Waals surface area contributed by atoms with Crippen molar-refractivity contribution in [3.05, 3.63) is 177 Å². The van der Waals surface area contributed by atoms with E-state index < -0.39 is 38.3 Å². The van der Waals surface area contributed by atoms with Gasteiger partial charge in [-0.15, -0.1) is 0 Å². The highest BCUT2D eigenvalue weighted by Gasteiger charge is 2.42. The number of benzene rings is 6. The van der Waals surface area contributed by atoms with Gasteiger partial charge in [-0.3, -0.25) is 0 Å². The largest absolute Gasteiger partial charge is 0.457 e. The number of rotatable bonds is 18. The summed E-state index contributed by atoms with van der Waals surface area (Å²) in [7, 11) is 0. The second kappa shape index (κ2) is 20.7. The van der Waals surface area contributed by atoms with Crippen LogP contribution in [0.4, 0.5) is 43.9 Å². The molecular weight excluding hydrogens is 839 g/mol. The second-order valence-corrected chi connectivity index (χ2v) is 15.0. The number of hydrogen-bond acceptors (Lipinski definition) is 3. The van der Waals surface area contributed by atoms with Crippen molar-refractivity contribution >= 4 is 0 Å². The molecule has 3 nitrogen and oxygen atoms in total. The average Bonchev–Trinajstić information content (AvgIpc) is 3.25. The molecular formula is C50H44F10O3. The van der Waals surface area contributed by atoms with Gasteiger partial charge in [0.15, 0.2) is 0 Å². The van der Waals surface area contributed by atoms with Crippen LogP contribution < -0.4 is 4.74 Å². The quantitative estimate of drug-likeness (QED) is 0.0805. The van der Waals surface area contributed by atoms with Crippen molar-refractivity contribution in [3.63, 3.8) is 0 Å². The van der Waals surface area contributed by atoms with E-state index in [4.69, 9.17) is 4.74 Å². The topological polar surface area (TPSA) is 27.7 Å². The summed E-state index contributed by atoms with van der Waals surface area (Å²) in [4.78, 5) is 0. The average molecular weight is 883 g/mol. The third-order valence-electron chi connectivity index (χ3n) is 10.5. The van der Waals surface area contributed by atoms with Crippen molar-refractivity contribution in [2.24, 2.45) is 0 Å². The van der Waals surface area contributed by atoms with Gasteiger partial charge >= 0.3 is 12.4 Å². The molecule has 332 valence electrons. The summed E-state index contributed by atoms with van der Waals surface area (Å²) < 4.78 is 149. The Balaban J connectivity index is 1.30. The molecule has 0 fully saturated rings. The first-order valence-electron chi connectivity index (χ1n) is 20.3. The number of aryl methyl sites for hydroxylation is 2. The minimum Gasteiger partial charge on any atom is -0.457 e. The first-order valence-corrected chi connectivity index (χ1v) is 20.3. The van der Waals surface area contributed by atoms with Crippen LogP contribution in [0, 0.1) is 11.6 Å². The molecule has 0 aliphatic heterocycles. The lowest BCUT2D eigenvalue weighted by Gasteiger charge is -2.18. The standard InChI is InChI=1S/C50H44F10O3/c1-3-31-9-17-41(43(51)29-31)37-13-5-33(6-14-37)25-39-27-35(21-23-61-47(53)49(55,56)57)11-19-45(39)63-46-20-12-36(22-24-62-48(54)50(58,59)60)28-40(46)26-34-7-15-38(16-8-34)42-18-10-32(4-2)30-44(42)52/h5-20,27-30,47-48H,3-4,21-26H2,1-2H3. The summed E-state index contributed by atoms with van der Waals surface area (Å²) in [5.41, 5.74) is 7.68. The van der Waals surface area contributed by atoms with Gasteiger partial charge in [0.25, 0.3) is 12.7 Å². The lowest BCUT2D eigenvalue weighted by molar-refractivity contribution is -0.264. The van der Waals surface area contributed by atoms with Crippen molar-refractivity contribution in [3.8, 4) is 33.8 Å². The van der Waals surface area contributed by atoms with Gasteiger partial charge in [-0.2, -0.15) is 26.3 Å². The number of halogens is 10. The molecule has 2 unspecified atom stereocenters. The maximum absolute atomic E-state index is 15.0. The summed E-state index contributed by atoms with van der Waals surface area (Å²) in [5, 5.41) is 0. The van der Waals surface area contributed by atoms with Crippen LogP contribution in [0.1, 0.15) is 58.4 Å². The Morgan fingerprint density at radius 2 is 0.794 bits per heavy atom. The van der Waals surface area contributed by atoms with Crippen LogP contribution >= 0.6 is 0 Å². The Morgan fingerprint density at radius 1 is 0.444 bits per heavy atom. The molecule has 0 heterocycles. The van der Waals surface area contributed by atoms with Crippen molar-refractivity contribution in [1.29, 1.82) is 0 Å². The molecule has 0 bridgehead atoms. The summed E-state index contributed by atoms with van der Waals surface area (Å²) in [5.74, 6) is -0.00872. The Bertz CT molecular complexity index is 2270. The van der Waals surface area contributed by atoms with Gasteiger partial charge in [0.05, 0.1) is 13.2 Å². The van der Waals surface area contributed by atoms with Gasteiger partial charge < -0.3 is 14.2 Å². The van der Waals surface area contributed by atoms with Crippen molar-refractivity contribution in [1.82, 2.24) is 0 Å². The highest BCUT2D eigenvalue weighted by molar-refractivity contribution is 5.66. The van der Waals surface area contributed by atoms with Crippen LogP contribution in [0.5, 0.6) is 11.5 Å². The van der Waals surface area contributed by atoms with E-state index >= 15 is 0 Å². The molecule has 0 aliphatic rings. The van der Waals surface area contributed by atoms with Gasteiger partial charge in [0.2, 0.25) is 0 Å². The SMILES string of the molecule is CCc1ccc(-c2ccc(Cc3cc(CCOC(F)C(F)(F)F)ccc3Oc3ccc(CCOC(F)C(F)(F)F)cc3Cc3ccc(-c4ccc(CC)cc4F)cc3)cc2)c(F)c1. The minimum atomic E-state index is -5.17. The number of ether oxygens (including phenoxy) is 3. The van der Waals surface area contributed by atoms with E-state index in [-0.39, 0.29) is 37.3 Å². The molecule has 0 radical (unpaired) electrons. The minimum absolute atomic E-state index is 0.0610. The fourth-order valence-corrected chi connectivity index (χ4v) is 6.99. The lowest BCUT2D eigenvalue weighted by Crippen LogP contribution is -2.27. The zero-order valence-corrected chi connectivity index (χ0v) is 34.4. The van der Waals surface area contributed by atoms with Crippen molar-refractivity contribution in [2.45, 2.75) is 77.4 Å². The van der Waals surface area contributed by atoms with Gasteiger partial charge in [0, 0.05) is 24.0 Å². The zero-order valence-electron chi connectivity index (χ0n) is 34.4. The first kappa shape index (κ1) is 46.8. The van der Waals surface area contributed by atoms with Gasteiger partial charge in [-0.25, -0.2) is 17.6 Å². The Hall–Kier alpha value is -5.66. The zero-order chi connectivity index (χ0) is 45.3. The molecule has 0 saturated carbocycles. The summed E-state index contributed by atoms with van der Waals surface area (Å²) in [6.07, 6.45) is -15.5. The highest BCUT2D eigenvalue weighted by Crippen LogP contribution is 2.35. The molecule has 6 rings (SSSR count). The Kier molecular flexibility index (Phi) is 15.4. The summed E-state index contributed by atoms with van der Waals surface area (Å²) in [6, 6.07) is 34.4. The molecule has 0 saturated heterocycles. The monoisotopic (exact) mass is 882 g/mol. The Labute approximate surface area is 359 Å². The summed E-state index contributed by atoms with van der Waals surface area (Å²) in [6.45, 7) is 2.74. The van der Waals surface area contributed by atoms with Crippen molar-refractivity contribution in [2.75, 3.05) is 13.2 Å². The van der Waals surface area contributed by atoms with Crippen LogP contribution in [-0.2, 0) is 48.0 Å². The van der Waals surface area contributed by atoms with E-state index in [9.17, 15) is 43.9 Å². The fraction of sp³-hybridized carbons (Fsp3) is 0.280. The van der Waals surface area contributed by atoms with E-state index in [1.807, 2.05) is 50.2 Å². The molecule has 0 spiro atoms. The first-order chi connectivity index (χ1) is 30.0. The molecule has 2 atom stereocenters. The van der Waals surface area contributed by atoms with E-state index in [1.54, 1.807) is 72.8 Å². The summed E-state index contributed by atoms with van der Waals surface area (Å²) >= 11 is 0. The molecule has 13 heteroatoms. The van der Waals surface area contributed by atoms with Crippen LogP contribution in [0.2, 0.25) is 0 Å². The Morgan fingerprint density at radius 3 is 1.13 bits per heavy atom. The molecule has 0 N–H and O–H groups in total. The maximum Gasteiger partial charge on any atom is 0.445 e. The van der Waals surface area contributed by atoms with Gasteiger partial charge in [0.1, 0.15) is 23.1 Å². The van der Waals surface area contributed by atoms with Gasteiger partial charge in [-0.05, 0) is 106 Å². The van der Waals surface area contributed by atoms with E-state index in [1.165, 1.54) is 12.1 Å². The molecule has 0 aromatic heterocycles. The van der Waals surface area contributed by atoms with Crippen molar-refractivity contribution < 1.29 is 58.1 Å². The predicted octanol–water partition coefficient (Wildman–Crippen LogP) is 14.2.